The van der Waals surface area contributed by atoms with Crippen LogP contribution in [0.5, 0.6) is 11.5 Å². The van der Waals surface area contributed by atoms with Crippen molar-refractivity contribution >= 4 is 17.5 Å². The van der Waals surface area contributed by atoms with Crippen molar-refractivity contribution in [1.29, 1.82) is 0 Å². The van der Waals surface area contributed by atoms with Gasteiger partial charge in [-0.25, -0.2) is 0 Å². The highest BCUT2D eigenvalue weighted by molar-refractivity contribution is 6.31. The number of halogens is 1. The van der Waals surface area contributed by atoms with Crippen LogP contribution in [-0.4, -0.2) is 31.6 Å². The summed E-state index contributed by atoms with van der Waals surface area (Å²) in [5.74, 6) is 1.42. The van der Waals surface area contributed by atoms with Crippen LogP contribution >= 0.6 is 11.6 Å². The average Bonchev–Trinajstić information content (AvgIpc) is 3.26. The molecular weight excluding hydrogens is 378 g/mol. The van der Waals surface area contributed by atoms with Crippen molar-refractivity contribution in [1.82, 2.24) is 4.90 Å². The lowest BCUT2D eigenvalue weighted by Crippen LogP contribution is -2.40. The van der Waals surface area contributed by atoms with E-state index in [1.54, 1.807) is 31.3 Å². The third-order valence-corrected chi connectivity index (χ3v) is 5.41. The number of ether oxygens (including phenoxy) is 2. The SMILES string of the molecule is COc1cc2c(cc1OC)[C@H](c1ccccc1Cl)N(C(=O)c1ccco1)CC2. The predicted molar refractivity (Wildman–Crippen MR) is 106 cm³/mol. The fourth-order valence-electron chi connectivity index (χ4n) is 3.74. The fraction of sp³-hybridized carbons (Fsp3) is 0.227. The van der Waals surface area contributed by atoms with Crippen molar-refractivity contribution in [2.75, 3.05) is 20.8 Å². The van der Waals surface area contributed by atoms with Crippen LogP contribution in [0, 0.1) is 0 Å². The molecule has 0 fully saturated rings. The monoisotopic (exact) mass is 397 g/mol. The zero-order chi connectivity index (χ0) is 19.7. The molecule has 5 nitrogen and oxygen atoms in total. The molecule has 0 radical (unpaired) electrons. The number of hydrogen-bond donors (Lipinski definition) is 0. The van der Waals surface area contributed by atoms with E-state index < -0.39 is 0 Å². The Morgan fingerprint density at radius 3 is 2.50 bits per heavy atom. The average molecular weight is 398 g/mol. The molecule has 6 heteroatoms. The lowest BCUT2D eigenvalue weighted by atomic mass is 9.87. The van der Waals surface area contributed by atoms with E-state index in [4.69, 9.17) is 25.5 Å². The summed E-state index contributed by atoms with van der Waals surface area (Å²) in [6.45, 7) is 0.540. The number of hydrogen-bond acceptors (Lipinski definition) is 4. The van der Waals surface area contributed by atoms with Crippen LogP contribution in [-0.2, 0) is 6.42 Å². The van der Waals surface area contributed by atoms with Crippen LogP contribution in [0.15, 0.2) is 59.2 Å². The molecule has 1 amide bonds. The number of amides is 1. The van der Waals surface area contributed by atoms with Gasteiger partial charge in [0.25, 0.3) is 5.91 Å². The standard InChI is InChI=1S/C22H20ClNO4/c1-26-19-12-14-9-10-24(22(25)18-8-5-11-28-18)21(16(14)13-20(19)27-2)15-6-3-4-7-17(15)23/h3-8,11-13,21H,9-10H2,1-2H3/t21-/m0/s1. The van der Waals surface area contributed by atoms with E-state index in [1.165, 1.54) is 6.26 Å². The van der Waals surface area contributed by atoms with Crippen molar-refractivity contribution < 1.29 is 18.7 Å². The molecule has 4 rings (SSSR count). The summed E-state index contributed by atoms with van der Waals surface area (Å²) in [7, 11) is 3.22. The van der Waals surface area contributed by atoms with Gasteiger partial charge in [0, 0.05) is 11.6 Å². The number of carbonyl (C=O) groups is 1. The van der Waals surface area contributed by atoms with E-state index in [9.17, 15) is 4.79 Å². The molecule has 1 aliphatic rings. The third-order valence-electron chi connectivity index (χ3n) is 5.07. The number of methoxy groups -OCH3 is 2. The Morgan fingerprint density at radius 1 is 1.07 bits per heavy atom. The number of nitrogens with zero attached hydrogens (tertiary/aromatic N) is 1. The van der Waals surface area contributed by atoms with Gasteiger partial charge in [-0.3, -0.25) is 4.79 Å². The van der Waals surface area contributed by atoms with Gasteiger partial charge in [-0.1, -0.05) is 29.8 Å². The normalized spacial score (nSPS) is 15.8. The largest absolute Gasteiger partial charge is 0.493 e. The molecule has 1 aromatic heterocycles. The van der Waals surface area contributed by atoms with Gasteiger partial charge >= 0.3 is 0 Å². The first-order chi connectivity index (χ1) is 13.6. The molecule has 0 N–H and O–H groups in total. The van der Waals surface area contributed by atoms with Gasteiger partial charge in [-0.2, -0.15) is 0 Å². The molecule has 0 unspecified atom stereocenters. The molecule has 0 spiro atoms. The highest BCUT2D eigenvalue weighted by Gasteiger charge is 2.35. The smallest absolute Gasteiger partial charge is 0.290 e. The predicted octanol–water partition coefficient (Wildman–Crippen LogP) is 4.74. The minimum absolute atomic E-state index is 0.171. The second kappa shape index (κ2) is 7.60. The lowest BCUT2D eigenvalue weighted by molar-refractivity contribution is 0.0661. The van der Waals surface area contributed by atoms with E-state index in [1.807, 2.05) is 36.4 Å². The number of fused-ring (bicyclic) bond motifs is 1. The molecule has 0 saturated carbocycles. The summed E-state index contributed by atoms with van der Waals surface area (Å²) in [5, 5.41) is 0.604. The van der Waals surface area contributed by atoms with Crippen molar-refractivity contribution in [2.45, 2.75) is 12.5 Å². The molecule has 1 atom stereocenters. The highest BCUT2D eigenvalue weighted by atomic mass is 35.5. The first kappa shape index (κ1) is 18.4. The zero-order valence-corrected chi connectivity index (χ0v) is 16.4. The Balaban J connectivity index is 1.89. The quantitative estimate of drug-likeness (QED) is 0.638. The van der Waals surface area contributed by atoms with Crippen LogP contribution in [0.2, 0.25) is 5.02 Å². The number of rotatable bonds is 4. The van der Waals surface area contributed by atoms with Gasteiger partial charge in [0.1, 0.15) is 0 Å². The van der Waals surface area contributed by atoms with Crippen molar-refractivity contribution in [3.8, 4) is 11.5 Å². The third kappa shape index (κ3) is 3.12. The second-order valence-electron chi connectivity index (χ2n) is 6.56. The molecule has 0 aliphatic carbocycles. The summed E-state index contributed by atoms with van der Waals surface area (Å²) in [5.41, 5.74) is 2.93. The van der Waals surface area contributed by atoms with Crippen molar-refractivity contribution in [3.63, 3.8) is 0 Å². The van der Waals surface area contributed by atoms with Crippen LogP contribution in [0.25, 0.3) is 0 Å². The van der Waals surface area contributed by atoms with E-state index in [-0.39, 0.29) is 11.9 Å². The van der Waals surface area contributed by atoms with E-state index in [0.29, 0.717) is 35.2 Å². The van der Waals surface area contributed by atoms with Gasteiger partial charge in [-0.05, 0) is 53.4 Å². The maximum atomic E-state index is 13.2. The molecule has 3 aromatic rings. The van der Waals surface area contributed by atoms with Gasteiger partial charge in [-0.15, -0.1) is 0 Å². The maximum absolute atomic E-state index is 13.2. The number of benzene rings is 2. The summed E-state index contributed by atoms with van der Waals surface area (Å²) in [6, 6.07) is 14.5. The topological polar surface area (TPSA) is 51.9 Å². The summed E-state index contributed by atoms with van der Waals surface area (Å²) in [4.78, 5) is 15.0. The number of carbonyl (C=O) groups excluding carboxylic acids is 1. The highest BCUT2D eigenvalue weighted by Crippen LogP contribution is 2.43. The Kier molecular flexibility index (Phi) is 5.01. The van der Waals surface area contributed by atoms with E-state index in [2.05, 4.69) is 0 Å². The molecule has 2 aromatic carbocycles. The zero-order valence-electron chi connectivity index (χ0n) is 15.6. The molecule has 28 heavy (non-hydrogen) atoms. The van der Waals surface area contributed by atoms with Crippen molar-refractivity contribution in [2.24, 2.45) is 0 Å². The summed E-state index contributed by atoms with van der Waals surface area (Å²) in [6.07, 6.45) is 2.20. The molecule has 1 aliphatic heterocycles. The molecule has 0 bridgehead atoms. The fourth-order valence-corrected chi connectivity index (χ4v) is 3.98. The summed E-state index contributed by atoms with van der Waals surface area (Å²) >= 11 is 6.53. The number of furan rings is 1. The van der Waals surface area contributed by atoms with Gasteiger partial charge in [0.2, 0.25) is 0 Å². The Morgan fingerprint density at radius 2 is 1.82 bits per heavy atom. The van der Waals surface area contributed by atoms with Gasteiger partial charge in [0.05, 0.1) is 26.5 Å². The van der Waals surface area contributed by atoms with Crippen molar-refractivity contribution in [3.05, 3.63) is 82.3 Å². The minimum Gasteiger partial charge on any atom is -0.493 e. The van der Waals surface area contributed by atoms with E-state index in [0.717, 1.165) is 16.7 Å². The maximum Gasteiger partial charge on any atom is 0.290 e. The molecule has 144 valence electrons. The Hall–Kier alpha value is -2.92. The van der Waals surface area contributed by atoms with Crippen LogP contribution in [0.1, 0.15) is 33.3 Å². The first-order valence-electron chi connectivity index (χ1n) is 8.97. The second-order valence-corrected chi connectivity index (χ2v) is 6.96. The van der Waals surface area contributed by atoms with Gasteiger partial charge in [0.15, 0.2) is 17.3 Å². The van der Waals surface area contributed by atoms with Crippen LogP contribution in [0.3, 0.4) is 0 Å². The minimum atomic E-state index is -0.352. The summed E-state index contributed by atoms with van der Waals surface area (Å²) < 4.78 is 16.3. The Labute approximate surface area is 168 Å². The molecule has 0 saturated heterocycles. The van der Waals surface area contributed by atoms with E-state index >= 15 is 0 Å². The first-order valence-corrected chi connectivity index (χ1v) is 9.35. The van der Waals surface area contributed by atoms with Crippen LogP contribution < -0.4 is 9.47 Å². The lowest BCUT2D eigenvalue weighted by Gasteiger charge is -2.38. The molecule has 2 heterocycles. The molecular formula is C22H20ClNO4. The van der Waals surface area contributed by atoms with Crippen LogP contribution in [0.4, 0.5) is 0 Å². The van der Waals surface area contributed by atoms with Gasteiger partial charge < -0.3 is 18.8 Å². The Bertz CT molecular complexity index is 1000.